The second-order valence-electron chi connectivity index (χ2n) is 9.72. The summed E-state index contributed by atoms with van der Waals surface area (Å²) < 4.78 is 54.2. The van der Waals surface area contributed by atoms with Gasteiger partial charge in [-0.2, -0.15) is 13.2 Å². The van der Waals surface area contributed by atoms with Crippen LogP contribution in [0.5, 0.6) is 0 Å². The van der Waals surface area contributed by atoms with Gasteiger partial charge in [0.1, 0.15) is 11.7 Å². The molecule has 192 valence electrons. The van der Waals surface area contributed by atoms with Crippen molar-refractivity contribution in [1.82, 2.24) is 4.90 Å². The van der Waals surface area contributed by atoms with Crippen molar-refractivity contribution in [2.45, 2.75) is 37.9 Å². The lowest BCUT2D eigenvalue weighted by Gasteiger charge is -2.26. The summed E-state index contributed by atoms with van der Waals surface area (Å²) in [6.07, 6.45) is 1.67. The molecule has 3 atom stereocenters. The topological polar surface area (TPSA) is 80.9 Å². The number of benzene rings is 1. The highest BCUT2D eigenvalue weighted by Gasteiger charge is 2.45. The van der Waals surface area contributed by atoms with E-state index in [0.717, 1.165) is 36.6 Å². The Kier molecular flexibility index (Phi) is 6.67. The fourth-order valence-corrected chi connectivity index (χ4v) is 5.45. The van der Waals surface area contributed by atoms with Crippen LogP contribution in [0, 0.1) is 17.7 Å². The Morgan fingerprint density at radius 3 is 2.58 bits per heavy atom. The maximum Gasteiger partial charge on any atom is 0.418 e. The summed E-state index contributed by atoms with van der Waals surface area (Å²) in [6.45, 7) is 1.43. The number of rotatable bonds is 4. The number of hydrogen-bond acceptors (Lipinski definition) is 6. The van der Waals surface area contributed by atoms with E-state index in [1.165, 1.54) is 0 Å². The lowest BCUT2D eigenvalue weighted by Crippen LogP contribution is -2.39. The number of allylic oxidation sites excluding steroid dienone is 1. The molecule has 2 bridgehead atoms. The van der Waals surface area contributed by atoms with Crippen LogP contribution in [0.2, 0.25) is 0 Å². The predicted molar refractivity (Wildman–Crippen MR) is 128 cm³/mol. The molecule has 4 heterocycles. The molecule has 7 nitrogen and oxygen atoms in total. The van der Waals surface area contributed by atoms with E-state index in [-0.39, 0.29) is 41.9 Å². The van der Waals surface area contributed by atoms with Crippen LogP contribution < -0.4 is 4.90 Å². The van der Waals surface area contributed by atoms with E-state index in [4.69, 9.17) is 0 Å². The van der Waals surface area contributed by atoms with Crippen LogP contribution in [-0.2, 0) is 11.0 Å². The number of fused-ring (bicyclic) bond motifs is 3. The third-order valence-corrected chi connectivity index (χ3v) is 7.21. The zero-order chi connectivity index (χ0) is 25.4. The first-order chi connectivity index (χ1) is 17.2. The van der Waals surface area contributed by atoms with Gasteiger partial charge in [0.2, 0.25) is 5.84 Å². The van der Waals surface area contributed by atoms with Gasteiger partial charge in [-0.1, -0.05) is 6.08 Å². The Labute approximate surface area is 205 Å². The number of nitrogens with zero attached hydrogens (tertiary/aromatic N) is 5. The van der Waals surface area contributed by atoms with Gasteiger partial charge in [-0.05, 0) is 43.0 Å². The molecule has 4 aliphatic heterocycles. The number of aliphatic imine (C=N–C) groups is 3. The summed E-state index contributed by atoms with van der Waals surface area (Å²) in [5, 5.41) is 9.21. The van der Waals surface area contributed by atoms with Crippen LogP contribution in [0.3, 0.4) is 0 Å². The second-order valence-corrected chi connectivity index (χ2v) is 9.72. The predicted octanol–water partition coefficient (Wildman–Crippen LogP) is 3.48. The number of aliphatic hydroxyl groups is 1. The molecule has 2 fully saturated rings. The summed E-state index contributed by atoms with van der Waals surface area (Å²) in [7, 11) is 0. The number of carbonyl (C=O) groups excluding carboxylic acids is 1. The van der Waals surface area contributed by atoms with Crippen molar-refractivity contribution in [3.63, 3.8) is 0 Å². The molecule has 4 aliphatic rings. The number of halogens is 4. The SMILES string of the molecule is O=C(C1=NC2CC/C=C(/CCO)C=NC(=N1)C2)N1C[C@@H]2CN(c3cc(F)ccc3C(F)(F)F)C[C@@H]2C1. The molecule has 1 unspecified atom stereocenters. The van der Waals surface area contributed by atoms with E-state index in [1.807, 2.05) is 6.08 Å². The van der Waals surface area contributed by atoms with E-state index in [0.29, 0.717) is 44.9 Å². The number of anilines is 1. The van der Waals surface area contributed by atoms with Gasteiger partial charge in [0.25, 0.3) is 5.91 Å². The van der Waals surface area contributed by atoms with Gasteiger partial charge < -0.3 is 14.9 Å². The summed E-state index contributed by atoms with van der Waals surface area (Å²) in [6, 6.07) is 2.44. The minimum atomic E-state index is -4.58. The highest BCUT2D eigenvalue weighted by molar-refractivity contribution is 6.40. The van der Waals surface area contributed by atoms with Gasteiger partial charge in [-0.3, -0.25) is 9.79 Å². The summed E-state index contributed by atoms with van der Waals surface area (Å²) >= 11 is 0. The molecular formula is C25H27F4N5O2. The standard InChI is InChI=1S/C25H27F4N5O2/c26-18-4-5-20(25(27,28)29)21(8-18)33-11-16-13-34(14-17(16)12-33)24(36)23-31-19-3-1-2-15(6-7-35)10-30-22(9-19)32-23/h2,4-5,8,10,16-17,19,35H,1,3,6-7,9,11-14H2/b15-2-,30-10?/t16-,17+,19?. The van der Waals surface area contributed by atoms with Gasteiger partial charge in [-0.25, -0.2) is 14.4 Å². The van der Waals surface area contributed by atoms with Crippen molar-refractivity contribution in [2.75, 3.05) is 37.7 Å². The quantitative estimate of drug-likeness (QED) is 0.637. The number of alkyl halides is 3. The first kappa shape index (κ1) is 24.6. The minimum Gasteiger partial charge on any atom is -0.396 e. The molecule has 0 aliphatic carbocycles. The van der Waals surface area contributed by atoms with Crippen molar-refractivity contribution in [3.8, 4) is 0 Å². The van der Waals surface area contributed by atoms with Gasteiger partial charge in [0.15, 0.2) is 0 Å². The van der Waals surface area contributed by atoms with E-state index in [1.54, 1.807) is 16.0 Å². The molecule has 0 aromatic heterocycles. The monoisotopic (exact) mass is 505 g/mol. The summed E-state index contributed by atoms with van der Waals surface area (Å²) in [5.41, 5.74) is -0.0820. The van der Waals surface area contributed by atoms with Crippen LogP contribution in [0.25, 0.3) is 0 Å². The van der Waals surface area contributed by atoms with Gasteiger partial charge in [-0.15, -0.1) is 0 Å². The fourth-order valence-electron chi connectivity index (χ4n) is 5.45. The van der Waals surface area contributed by atoms with E-state index in [9.17, 15) is 27.5 Å². The number of amidine groups is 2. The van der Waals surface area contributed by atoms with Gasteiger partial charge in [0, 0.05) is 57.3 Å². The van der Waals surface area contributed by atoms with Crippen LogP contribution in [0.1, 0.15) is 31.2 Å². The Morgan fingerprint density at radius 2 is 1.89 bits per heavy atom. The number of carbonyl (C=O) groups is 1. The molecule has 0 spiro atoms. The fraction of sp³-hybridized carbons (Fsp3) is 0.520. The molecule has 36 heavy (non-hydrogen) atoms. The van der Waals surface area contributed by atoms with Crippen molar-refractivity contribution in [2.24, 2.45) is 26.8 Å². The third kappa shape index (κ3) is 5.07. The molecule has 5 rings (SSSR count). The molecule has 0 saturated carbocycles. The lowest BCUT2D eigenvalue weighted by atomic mass is 10.0. The van der Waals surface area contributed by atoms with E-state index >= 15 is 0 Å². The smallest absolute Gasteiger partial charge is 0.396 e. The van der Waals surface area contributed by atoms with Crippen LogP contribution in [0.4, 0.5) is 23.2 Å². The molecule has 1 N–H and O–H groups in total. The maximum absolute atomic E-state index is 13.8. The van der Waals surface area contributed by atoms with Gasteiger partial charge in [0.05, 0.1) is 17.3 Å². The van der Waals surface area contributed by atoms with Crippen LogP contribution >= 0.6 is 0 Å². The molecule has 1 amide bonds. The van der Waals surface area contributed by atoms with Gasteiger partial charge >= 0.3 is 6.18 Å². The lowest BCUT2D eigenvalue weighted by molar-refractivity contribution is -0.137. The molecule has 2 saturated heterocycles. The summed E-state index contributed by atoms with van der Waals surface area (Å²) in [4.78, 5) is 29.9. The van der Waals surface area contributed by atoms with Crippen molar-refractivity contribution in [3.05, 3.63) is 41.2 Å². The van der Waals surface area contributed by atoms with Crippen molar-refractivity contribution >= 4 is 29.5 Å². The molecular weight excluding hydrogens is 478 g/mol. The average Bonchev–Trinajstić information content (AvgIpc) is 3.41. The maximum atomic E-state index is 13.8. The van der Waals surface area contributed by atoms with E-state index < -0.39 is 17.6 Å². The van der Waals surface area contributed by atoms with E-state index in [2.05, 4.69) is 15.0 Å². The third-order valence-electron chi connectivity index (χ3n) is 7.21. The Balaban J connectivity index is 1.27. The largest absolute Gasteiger partial charge is 0.418 e. The van der Waals surface area contributed by atoms with Crippen molar-refractivity contribution in [1.29, 1.82) is 0 Å². The highest BCUT2D eigenvalue weighted by atomic mass is 19.4. The second kappa shape index (κ2) is 9.76. The zero-order valence-electron chi connectivity index (χ0n) is 19.6. The number of likely N-dealkylation sites (tertiary alicyclic amines) is 1. The molecule has 11 heteroatoms. The van der Waals surface area contributed by atoms with Crippen LogP contribution in [-0.4, -0.2) is 72.6 Å². The van der Waals surface area contributed by atoms with Crippen LogP contribution in [0.15, 0.2) is 44.8 Å². The minimum absolute atomic E-state index is 0.0212. The first-order valence-electron chi connectivity index (χ1n) is 12.1. The highest BCUT2D eigenvalue weighted by Crippen LogP contribution is 2.41. The first-order valence-corrected chi connectivity index (χ1v) is 12.1. The number of amides is 1. The summed E-state index contributed by atoms with van der Waals surface area (Å²) in [5.74, 6) is -0.404. The normalized spacial score (nSPS) is 27.5. The molecule has 1 aromatic carbocycles. The Bertz CT molecular complexity index is 1150. The molecule has 0 radical (unpaired) electrons. The number of aliphatic hydroxyl groups excluding tert-OH is 1. The number of hydrogen-bond donors (Lipinski definition) is 1. The zero-order valence-corrected chi connectivity index (χ0v) is 19.6. The average molecular weight is 506 g/mol. The Hall–Kier alpha value is -3.08. The molecule has 1 aromatic rings. The Morgan fingerprint density at radius 1 is 1.14 bits per heavy atom. The van der Waals surface area contributed by atoms with Crippen molar-refractivity contribution < 1.29 is 27.5 Å².